The molecule has 0 amide bonds. The van der Waals surface area contributed by atoms with Gasteiger partial charge in [-0.2, -0.15) is 0 Å². The van der Waals surface area contributed by atoms with Gasteiger partial charge in [0.2, 0.25) is 0 Å². The molecular weight excluding hydrogens is 496 g/mol. The average molecular weight is 531 g/mol. The Morgan fingerprint density at radius 2 is 0.732 bits per heavy atom. The lowest BCUT2D eigenvalue weighted by atomic mass is 9.80. The second-order valence-electron chi connectivity index (χ2n) is 10.7. The number of hydrogen-bond acceptors (Lipinski definition) is 1. The zero-order valence-corrected chi connectivity index (χ0v) is 23.2. The van der Waals surface area contributed by atoms with Gasteiger partial charge < -0.3 is 5.11 Å². The van der Waals surface area contributed by atoms with Crippen molar-refractivity contribution in [3.8, 4) is 16.9 Å². The molecule has 0 spiro atoms. The van der Waals surface area contributed by atoms with E-state index in [4.69, 9.17) is 0 Å². The lowest BCUT2D eigenvalue weighted by molar-refractivity contribution is 0.477. The summed E-state index contributed by atoms with van der Waals surface area (Å²) in [4.78, 5) is 0. The van der Waals surface area contributed by atoms with Crippen molar-refractivity contribution in [2.75, 3.05) is 0 Å². The Bertz CT molecular complexity index is 1710. The maximum Gasteiger partial charge on any atom is 0.123 e. The van der Waals surface area contributed by atoms with Crippen LogP contribution >= 0.6 is 0 Å². The van der Waals surface area contributed by atoms with Gasteiger partial charge in [-0.15, -0.1) is 0 Å². The molecule has 1 nitrogen and oxygen atoms in total. The topological polar surface area (TPSA) is 20.2 Å². The molecule has 41 heavy (non-hydrogen) atoms. The molecule has 0 aliphatic heterocycles. The second-order valence-corrected chi connectivity index (χ2v) is 10.7. The highest BCUT2D eigenvalue weighted by Gasteiger charge is 2.21. The van der Waals surface area contributed by atoms with E-state index in [0.717, 1.165) is 36.8 Å². The monoisotopic (exact) mass is 530 g/mol. The molecule has 0 unspecified atom stereocenters. The van der Waals surface area contributed by atoms with E-state index < -0.39 is 0 Å². The van der Waals surface area contributed by atoms with Gasteiger partial charge in [0, 0.05) is 5.56 Å². The van der Waals surface area contributed by atoms with E-state index in [2.05, 4.69) is 133 Å². The Morgan fingerprint density at radius 1 is 0.341 bits per heavy atom. The molecule has 0 saturated heterocycles. The molecule has 6 rings (SSSR count). The third-order valence-corrected chi connectivity index (χ3v) is 7.86. The summed E-state index contributed by atoms with van der Waals surface area (Å²) < 4.78 is 0. The first-order chi connectivity index (χ1) is 20.2. The third-order valence-electron chi connectivity index (χ3n) is 7.86. The van der Waals surface area contributed by atoms with Crippen LogP contribution in [0.3, 0.4) is 0 Å². The van der Waals surface area contributed by atoms with Crippen LogP contribution in [0, 0.1) is 0 Å². The molecule has 0 bridgehead atoms. The standard InChI is InChI=1S/C40H34O/c41-40-24-14-13-23-35(40)39-29-34(25-30-15-5-1-6-16-30)36(26-31-17-7-2-8-18-31)37(27-32-19-9-3-10-20-32)38(39)28-33-21-11-4-12-22-33/h1-24,29,41H,25-28H2. The van der Waals surface area contributed by atoms with Gasteiger partial charge in [0.05, 0.1) is 0 Å². The van der Waals surface area contributed by atoms with Crippen LogP contribution in [0.5, 0.6) is 5.75 Å². The molecule has 0 fully saturated rings. The zero-order chi connectivity index (χ0) is 27.9. The van der Waals surface area contributed by atoms with Crippen LogP contribution in [0.1, 0.15) is 44.5 Å². The average Bonchev–Trinajstić information content (AvgIpc) is 3.02. The molecule has 0 aliphatic rings. The Kier molecular flexibility index (Phi) is 8.05. The molecule has 0 aliphatic carbocycles. The van der Waals surface area contributed by atoms with Gasteiger partial charge in [-0.1, -0.05) is 146 Å². The predicted molar refractivity (Wildman–Crippen MR) is 171 cm³/mol. The van der Waals surface area contributed by atoms with Crippen molar-refractivity contribution >= 4 is 0 Å². The van der Waals surface area contributed by atoms with Crippen molar-refractivity contribution in [3.05, 3.63) is 196 Å². The van der Waals surface area contributed by atoms with Crippen molar-refractivity contribution in [1.82, 2.24) is 0 Å². The highest BCUT2D eigenvalue weighted by atomic mass is 16.3. The minimum absolute atomic E-state index is 0.314. The summed E-state index contributed by atoms with van der Waals surface area (Å²) in [6, 6.07) is 53.1. The molecule has 1 heteroatoms. The van der Waals surface area contributed by atoms with Crippen LogP contribution < -0.4 is 0 Å². The Hall–Kier alpha value is -4.88. The predicted octanol–water partition coefficient (Wildman–Crippen LogP) is 9.42. The first-order valence-electron chi connectivity index (χ1n) is 14.3. The molecular formula is C40H34O. The first-order valence-corrected chi connectivity index (χ1v) is 14.3. The number of phenols is 1. The minimum atomic E-state index is 0.314. The summed E-state index contributed by atoms with van der Waals surface area (Å²) in [7, 11) is 0. The summed E-state index contributed by atoms with van der Waals surface area (Å²) in [5.41, 5.74) is 12.5. The maximum atomic E-state index is 11.1. The summed E-state index contributed by atoms with van der Waals surface area (Å²) in [5.74, 6) is 0.314. The number of aromatic hydroxyl groups is 1. The summed E-state index contributed by atoms with van der Waals surface area (Å²) in [5, 5.41) is 11.1. The normalized spacial score (nSPS) is 10.9. The molecule has 1 N–H and O–H groups in total. The van der Waals surface area contributed by atoms with E-state index in [0.29, 0.717) is 5.75 Å². The third kappa shape index (κ3) is 6.31. The van der Waals surface area contributed by atoms with Crippen molar-refractivity contribution in [2.24, 2.45) is 0 Å². The van der Waals surface area contributed by atoms with Crippen LogP contribution in [0.15, 0.2) is 152 Å². The van der Waals surface area contributed by atoms with Gasteiger partial charge in [-0.05, 0) is 81.8 Å². The van der Waals surface area contributed by atoms with E-state index in [1.807, 2.05) is 12.1 Å². The summed E-state index contributed by atoms with van der Waals surface area (Å²) in [6.45, 7) is 0. The largest absolute Gasteiger partial charge is 0.507 e. The fraction of sp³-hybridized carbons (Fsp3) is 0.100. The molecule has 0 atom stereocenters. The summed E-state index contributed by atoms with van der Waals surface area (Å²) in [6.07, 6.45) is 3.31. The van der Waals surface area contributed by atoms with Crippen LogP contribution in [-0.4, -0.2) is 5.11 Å². The fourth-order valence-electron chi connectivity index (χ4n) is 5.84. The van der Waals surface area contributed by atoms with Crippen LogP contribution in [0.2, 0.25) is 0 Å². The van der Waals surface area contributed by atoms with E-state index in [1.54, 1.807) is 6.07 Å². The quantitative estimate of drug-likeness (QED) is 0.197. The Morgan fingerprint density at radius 3 is 1.22 bits per heavy atom. The van der Waals surface area contributed by atoms with Gasteiger partial charge in [0.15, 0.2) is 0 Å². The molecule has 200 valence electrons. The smallest absolute Gasteiger partial charge is 0.123 e. The number of hydrogen-bond donors (Lipinski definition) is 1. The SMILES string of the molecule is Oc1ccccc1-c1cc(Cc2ccccc2)c(Cc2ccccc2)c(Cc2ccccc2)c1Cc1ccccc1. The van der Waals surface area contributed by atoms with Crippen LogP contribution in [0.4, 0.5) is 0 Å². The zero-order valence-electron chi connectivity index (χ0n) is 23.2. The van der Waals surface area contributed by atoms with Gasteiger partial charge >= 0.3 is 0 Å². The maximum absolute atomic E-state index is 11.1. The Balaban J connectivity index is 1.64. The summed E-state index contributed by atoms with van der Waals surface area (Å²) >= 11 is 0. The van der Waals surface area contributed by atoms with E-state index >= 15 is 0 Å². The highest BCUT2D eigenvalue weighted by Crippen LogP contribution is 2.39. The van der Waals surface area contributed by atoms with E-state index in [1.165, 1.54) is 44.5 Å². The molecule has 0 saturated carbocycles. The second kappa shape index (κ2) is 12.5. The Labute approximate surface area is 243 Å². The van der Waals surface area contributed by atoms with E-state index in [9.17, 15) is 5.11 Å². The van der Waals surface area contributed by atoms with Crippen molar-refractivity contribution < 1.29 is 5.11 Å². The first kappa shape index (κ1) is 26.3. The number of rotatable bonds is 9. The molecule has 0 aromatic heterocycles. The van der Waals surface area contributed by atoms with Gasteiger partial charge in [-0.25, -0.2) is 0 Å². The molecule has 0 heterocycles. The van der Waals surface area contributed by atoms with Crippen molar-refractivity contribution in [1.29, 1.82) is 0 Å². The lowest BCUT2D eigenvalue weighted by Crippen LogP contribution is -2.10. The number of para-hydroxylation sites is 1. The van der Waals surface area contributed by atoms with Crippen LogP contribution in [-0.2, 0) is 25.7 Å². The van der Waals surface area contributed by atoms with Gasteiger partial charge in [0.25, 0.3) is 0 Å². The number of phenolic OH excluding ortho intramolecular Hbond substituents is 1. The molecule has 0 radical (unpaired) electrons. The molecule has 6 aromatic rings. The number of benzene rings is 6. The highest BCUT2D eigenvalue weighted by molar-refractivity contribution is 5.77. The van der Waals surface area contributed by atoms with E-state index in [-0.39, 0.29) is 0 Å². The van der Waals surface area contributed by atoms with Crippen molar-refractivity contribution in [3.63, 3.8) is 0 Å². The lowest BCUT2D eigenvalue weighted by Gasteiger charge is -2.24. The van der Waals surface area contributed by atoms with Crippen LogP contribution in [0.25, 0.3) is 11.1 Å². The minimum Gasteiger partial charge on any atom is -0.507 e. The molecule has 6 aromatic carbocycles. The van der Waals surface area contributed by atoms with Crippen molar-refractivity contribution in [2.45, 2.75) is 25.7 Å². The fourth-order valence-corrected chi connectivity index (χ4v) is 5.84. The van der Waals surface area contributed by atoms with Gasteiger partial charge in [-0.3, -0.25) is 0 Å². The van der Waals surface area contributed by atoms with Gasteiger partial charge in [0.1, 0.15) is 5.75 Å².